The topological polar surface area (TPSA) is 90.0 Å². The predicted octanol–water partition coefficient (Wildman–Crippen LogP) is 4.72. The number of carbonyl (C=O) groups excluding carboxylic acids is 2. The summed E-state index contributed by atoms with van der Waals surface area (Å²) < 4.78 is 16.2. The van der Waals surface area contributed by atoms with Gasteiger partial charge in [0.2, 0.25) is 5.91 Å². The Bertz CT molecular complexity index is 1160. The van der Waals surface area contributed by atoms with E-state index in [1.54, 1.807) is 37.3 Å². The van der Waals surface area contributed by atoms with Crippen molar-refractivity contribution < 1.29 is 23.8 Å². The minimum atomic E-state index is -0.179. The Morgan fingerprint density at radius 1 is 1.09 bits per heavy atom. The Hall–Kier alpha value is -3.59. The van der Waals surface area contributed by atoms with Gasteiger partial charge in [-0.25, -0.2) is 4.98 Å². The van der Waals surface area contributed by atoms with Crippen LogP contribution < -0.4 is 19.5 Å². The molecular weight excluding hydrogens is 466 g/mol. The summed E-state index contributed by atoms with van der Waals surface area (Å²) in [5.74, 6) is 1.55. The fourth-order valence-corrected chi connectivity index (χ4v) is 4.79. The van der Waals surface area contributed by atoms with Crippen LogP contribution in [0.25, 0.3) is 11.3 Å². The SMILES string of the molecule is CCOc1ccccc1-c1csc(NC(=O)C2CCN(C(=O)c3cc(OC)cc(OC)c3)CC2)n1. The fraction of sp³-hybridized carbons (Fsp3) is 0.346. The molecule has 0 aliphatic carbocycles. The van der Waals surface area contributed by atoms with E-state index in [-0.39, 0.29) is 17.7 Å². The van der Waals surface area contributed by atoms with Crippen molar-refractivity contribution in [1.29, 1.82) is 0 Å². The highest BCUT2D eigenvalue weighted by atomic mass is 32.1. The highest BCUT2D eigenvalue weighted by Gasteiger charge is 2.29. The number of anilines is 1. The van der Waals surface area contributed by atoms with E-state index in [9.17, 15) is 9.59 Å². The molecule has 4 rings (SSSR count). The van der Waals surface area contributed by atoms with E-state index < -0.39 is 0 Å². The van der Waals surface area contributed by atoms with Crippen LogP contribution in [-0.4, -0.2) is 55.6 Å². The van der Waals surface area contributed by atoms with Crippen molar-refractivity contribution >= 4 is 28.3 Å². The van der Waals surface area contributed by atoms with Gasteiger partial charge in [0, 0.05) is 41.6 Å². The van der Waals surface area contributed by atoms with Gasteiger partial charge in [-0.1, -0.05) is 12.1 Å². The summed E-state index contributed by atoms with van der Waals surface area (Å²) in [6.45, 7) is 3.51. The van der Waals surface area contributed by atoms with Crippen molar-refractivity contribution in [1.82, 2.24) is 9.88 Å². The van der Waals surface area contributed by atoms with Gasteiger partial charge in [-0.15, -0.1) is 11.3 Å². The number of nitrogens with zero attached hydrogens (tertiary/aromatic N) is 2. The normalized spacial score (nSPS) is 13.9. The van der Waals surface area contributed by atoms with Crippen LogP contribution in [0.1, 0.15) is 30.1 Å². The maximum absolute atomic E-state index is 13.0. The van der Waals surface area contributed by atoms with Gasteiger partial charge in [0.15, 0.2) is 5.13 Å². The van der Waals surface area contributed by atoms with Crippen LogP contribution in [0, 0.1) is 5.92 Å². The minimum Gasteiger partial charge on any atom is -0.497 e. The first-order chi connectivity index (χ1) is 17.0. The monoisotopic (exact) mass is 495 g/mol. The number of benzene rings is 2. The van der Waals surface area contributed by atoms with Gasteiger partial charge in [0.1, 0.15) is 17.2 Å². The molecule has 1 aliphatic rings. The number of rotatable bonds is 8. The minimum absolute atomic E-state index is 0.0702. The Labute approximate surface area is 208 Å². The van der Waals surface area contributed by atoms with Crippen molar-refractivity contribution in [2.24, 2.45) is 5.92 Å². The maximum Gasteiger partial charge on any atom is 0.254 e. The third-order valence-corrected chi connectivity index (χ3v) is 6.71. The number of hydrogen-bond acceptors (Lipinski definition) is 7. The third kappa shape index (κ3) is 5.74. The molecule has 0 spiro atoms. The van der Waals surface area contributed by atoms with Crippen LogP contribution in [0.2, 0.25) is 0 Å². The van der Waals surface area contributed by atoms with E-state index in [4.69, 9.17) is 14.2 Å². The summed E-state index contributed by atoms with van der Waals surface area (Å²) in [7, 11) is 3.10. The molecule has 2 amide bonds. The van der Waals surface area contributed by atoms with Gasteiger partial charge >= 0.3 is 0 Å². The van der Waals surface area contributed by atoms with Gasteiger partial charge in [0.05, 0.1) is 26.5 Å². The van der Waals surface area contributed by atoms with Crippen LogP contribution in [0.3, 0.4) is 0 Å². The maximum atomic E-state index is 13.0. The van der Waals surface area contributed by atoms with Crippen molar-refractivity contribution in [3.8, 4) is 28.5 Å². The average molecular weight is 496 g/mol. The molecule has 8 nitrogen and oxygen atoms in total. The number of piperidine rings is 1. The summed E-state index contributed by atoms with van der Waals surface area (Å²) in [5.41, 5.74) is 2.17. The van der Waals surface area contributed by atoms with E-state index in [0.29, 0.717) is 54.7 Å². The van der Waals surface area contributed by atoms with E-state index in [0.717, 1.165) is 17.0 Å². The Morgan fingerprint density at radius 3 is 2.43 bits per heavy atom. The Balaban J connectivity index is 1.35. The molecule has 1 aliphatic heterocycles. The van der Waals surface area contributed by atoms with Crippen molar-refractivity contribution in [2.75, 3.05) is 39.2 Å². The van der Waals surface area contributed by atoms with E-state index >= 15 is 0 Å². The van der Waals surface area contributed by atoms with Crippen molar-refractivity contribution in [2.45, 2.75) is 19.8 Å². The lowest BCUT2D eigenvalue weighted by molar-refractivity contribution is -0.121. The number of carbonyl (C=O) groups is 2. The Kier molecular flexibility index (Phi) is 7.87. The molecule has 3 aromatic rings. The number of amides is 2. The van der Waals surface area contributed by atoms with Crippen LogP contribution in [0.5, 0.6) is 17.2 Å². The number of aromatic nitrogens is 1. The second-order valence-corrected chi connectivity index (χ2v) is 8.98. The first-order valence-corrected chi connectivity index (χ1v) is 12.4. The summed E-state index contributed by atoms with van der Waals surface area (Å²) in [6.07, 6.45) is 1.17. The molecule has 0 unspecified atom stereocenters. The average Bonchev–Trinajstić information content (AvgIpc) is 3.36. The zero-order chi connectivity index (χ0) is 24.8. The molecule has 2 aromatic carbocycles. The number of likely N-dealkylation sites (tertiary alicyclic amines) is 1. The second kappa shape index (κ2) is 11.2. The van der Waals surface area contributed by atoms with Crippen LogP contribution in [0.15, 0.2) is 47.8 Å². The highest BCUT2D eigenvalue weighted by Crippen LogP contribution is 2.33. The largest absolute Gasteiger partial charge is 0.497 e. The molecule has 35 heavy (non-hydrogen) atoms. The standard InChI is InChI=1S/C26H29N3O5S/c1-4-34-23-8-6-5-7-21(23)22-16-35-26(27-22)28-24(30)17-9-11-29(12-10-17)25(31)18-13-19(32-2)15-20(14-18)33-3/h5-8,13-17H,4,9-12H2,1-3H3,(H,27,28,30). The highest BCUT2D eigenvalue weighted by molar-refractivity contribution is 7.14. The van der Waals surface area contributed by atoms with Crippen LogP contribution >= 0.6 is 11.3 Å². The molecule has 9 heteroatoms. The van der Waals surface area contributed by atoms with Gasteiger partial charge in [-0.05, 0) is 44.0 Å². The molecule has 0 bridgehead atoms. The molecule has 1 fully saturated rings. The number of hydrogen-bond donors (Lipinski definition) is 1. The summed E-state index contributed by atoms with van der Waals surface area (Å²) >= 11 is 1.39. The quantitative estimate of drug-likeness (QED) is 0.487. The lowest BCUT2D eigenvalue weighted by atomic mass is 9.95. The number of para-hydroxylation sites is 1. The number of nitrogens with one attached hydrogen (secondary N) is 1. The van der Waals surface area contributed by atoms with Gasteiger partial charge in [0.25, 0.3) is 5.91 Å². The molecule has 1 saturated heterocycles. The third-order valence-electron chi connectivity index (χ3n) is 5.95. The smallest absolute Gasteiger partial charge is 0.254 e. The van der Waals surface area contributed by atoms with E-state index in [1.807, 2.05) is 36.6 Å². The molecular formula is C26H29N3O5S. The molecule has 0 radical (unpaired) electrons. The predicted molar refractivity (Wildman–Crippen MR) is 136 cm³/mol. The lowest BCUT2D eigenvalue weighted by Gasteiger charge is -2.31. The first-order valence-electron chi connectivity index (χ1n) is 11.5. The van der Waals surface area contributed by atoms with Gasteiger partial charge in [-0.3, -0.25) is 9.59 Å². The molecule has 1 N–H and O–H groups in total. The number of thiazole rings is 1. The number of ether oxygens (including phenoxy) is 3. The van der Waals surface area contributed by atoms with Crippen molar-refractivity contribution in [3.05, 3.63) is 53.4 Å². The van der Waals surface area contributed by atoms with Gasteiger partial charge < -0.3 is 24.4 Å². The first kappa shape index (κ1) is 24.5. The Morgan fingerprint density at radius 2 is 1.77 bits per heavy atom. The van der Waals surface area contributed by atoms with Crippen LogP contribution in [-0.2, 0) is 4.79 Å². The zero-order valence-electron chi connectivity index (χ0n) is 20.1. The number of methoxy groups -OCH3 is 2. The summed E-state index contributed by atoms with van der Waals surface area (Å²) in [4.78, 5) is 32.3. The van der Waals surface area contributed by atoms with Crippen molar-refractivity contribution in [3.63, 3.8) is 0 Å². The molecule has 0 atom stereocenters. The summed E-state index contributed by atoms with van der Waals surface area (Å²) in [5, 5.41) is 5.42. The second-order valence-electron chi connectivity index (χ2n) is 8.12. The molecule has 1 aromatic heterocycles. The van der Waals surface area contributed by atoms with E-state index in [1.165, 1.54) is 11.3 Å². The molecule has 184 valence electrons. The zero-order valence-corrected chi connectivity index (χ0v) is 20.9. The lowest BCUT2D eigenvalue weighted by Crippen LogP contribution is -2.41. The molecule has 0 saturated carbocycles. The fourth-order valence-electron chi connectivity index (χ4n) is 4.08. The van der Waals surface area contributed by atoms with Gasteiger partial charge in [-0.2, -0.15) is 0 Å². The molecule has 2 heterocycles. The van der Waals surface area contributed by atoms with E-state index in [2.05, 4.69) is 10.3 Å². The summed E-state index contributed by atoms with van der Waals surface area (Å²) in [6, 6.07) is 12.9. The van der Waals surface area contributed by atoms with Crippen LogP contribution in [0.4, 0.5) is 5.13 Å².